The Bertz CT molecular complexity index is 1470. The third-order valence-electron chi connectivity index (χ3n) is 7.61. The predicted molar refractivity (Wildman–Crippen MR) is 147 cm³/mol. The van der Waals surface area contributed by atoms with Gasteiger partial charge in [0.15, 0.2) is 0 Å². The highest BCUT2D eigenvalue weighted by Crippen LogP contribution is 2.43. The summed E-state index contributed by atoms with van der Waals surface area (Å²) in [5.41, 5.74) is 0.354. The predicted octanol–water partition coefficient (Wildman–Crippen LogP) is 6.95. The van der Waals surface area contributed by atoms with Crippen LogP contribution in [0.4, 0.5) is 42.8 Å². The molecule has 0 radical (unpaired) electrons. The van der Waals surface area contributed by atoms with Crippen LogP contribution in [0.2, 0.25) is 0 Å². The maximum absolute atomic E-state index is 13.7. The summed E-state index contributed by atoms with van der Waals surface area (Å²) in [6.07, 6.45) is -6.88. The minimum Gasteiger partial charge on any atom is -0.430 e. The molecule has 1 aliphatic heterocycles. The number of carbonyl (C=O) groups is 1. The van der Waals surface area contributed by atoms with Crippen LogP contribution in [0.25, 0.3) is 0 Å². The summed E-state index contributed by atoms with van der Waals surface area (Å²) in [4.78, 5) is 20.9. The van der Waals surface area contributed by atoms with Gasteiger partial charge in [-0.3, -0.25) is 0 Å². The fourth-order valence-electron chi connectivity index (χ4n) is 5.72. The number of hydrogen-bond donors (Lipinski definition) is 0. The van der Waals surface area contributed by atoms with Crippen LogP contribution < -0.4 is 9.96 Å². The number of carbonyl (C=O) groups excluding carboxylic acids is 1. The molecule has 1 unspecified atom stereocenters. The molecule has 2 aliphatic rings. The van der Waals surface area contributed by atoms with Crippen LogP contribution in [0, 0.1) is 0 Å². The smallest absolute Gasteiger partial charge is 0.430 e. The minimum atomic E-state index is -5.00. The van der Waals surface area contributed by atoms with E-state index < -0.39 is 41.8 Å². The van der Waals surface area contributed by atoms with Crippen LogP contribution in [0.15, 0.2) is 30.3 Å². The van der Waals surface area contributed by atoms with Gasteiger partial charge in [-0.05, 0) is 98.5 Å². The molecule has 0 bridgehead atoms. The molecule has 0 amide bonds. The van der Waals surface area contributed by atoms with Crippen molar-refractivity contribution in [2.24, 2.45) is 7.05 Å². The number of halogens is 6. The zero-order valence-electron chi connectivity index (χ0n) is 24.4. The normalized spacial score (nSPS) is 17.1. The van der Waals surface area contributed by atoms with Gasteiger partial charge in [-0.25, -0.2) is 9.86 Å². The van der Waals surface area contributed by atoms with E-state index in [-0.39, 0.29) is 30.7 Å². The maximum atomic E-state index is 13.7. The van der Waals surface area contributed by atoms with Gasteiger partial charge in [-0.1, -0.05) is 11.2 Å². The topological polar surface area (TPSA) is 85.6 Å². The standard InChI is InChI=1S/C29H32F6N6O3/c1-17(2)43-27(42)44-41-10-6-9-24(23-13-19-7-4-5-8-20(19)14-25(23)41)40(26-36-38-39(3)37-26)16-18-11-21(28(30,31)32)15-22(12-18)29(33,34)35/h11-15,17,24H,4-10,16H2,1-3H3. The molecule has 5 rings (SSSR count). The number of hydrogen-bond acceptors (Lipinski definition) is 8. The first-order chi connectivity index (χ1) is 20.7. The molecule has 0 fully saturated rings. The molecule has 0 saturated carbocycles. The summed E-state index contributed by atoms with van der Waals surface area (Å²) < 4.78 is 87.5. The van der Waals surface area contributed by atoms with Gasteiger partial charge in [0, 0.05) is 12.1 Å². The number of hydroxylamine groups is 1. The Labute approximate surface area is 249 Å². The van der Waals surface area contributed by atoms with E-state index in [4.69, 9.17) is 9.57 Å². The van der Waals surface area contributed by atoms with E-state index in [0.717, 1.165) is 41.6 Å². The first-order valence-corrected chi connectivity index (χ1v) is 14.3. The second-order valence-corrected chi connectivity index (χ2v) is 11.3. The van der Waals surface area contributed by atoms with Crippen molar-refractivity contribution in [3.63, 3.8) is 0 Å². The second-order valence-electron chi connectivity index (χ2n) is 11.3. The zero-order chi connectivity index (χ0) is 31.8. The van der Waals surface area contributed by atoms with E-state index in [1.54, 1.807) is 18.7 Å². The van der Waals surface area contributed by atoms with Crippen LogP contribution >= 0.6 is 0 Å². The summed E-state index contributed by atoms with van der Waals surface area (Å²) in [5.74, 6) is 0.0285. The third-order valence-corrected chi connectivity index (χ3v) is 7.61. The van der Waals surface area contributed by atoms with E-state index in [2.05, 4.69) is 15.4 Å². The molecule has 1 atom stereocenters. The van der Waals surface area contributed by atoms with Crippen molar-refractivity contribution in [2.75, 3.05) is 16.5 Å². The van der Waals surface area contributed by atoms with Crippen molar-refractivity contribution >= 4 is 17.8 Å². The minimum absolute atomic E-state index is 0.0285. The highest BCUT2D eigenvalue weighted by Gasteiger charge is 2.38. The van der Waals surface area contributed by atoms with E-state index in [0.29, 0.717) is 36.2 Å². The average molecular weight is 627 g/mol. The van der Waals surface area contributed by atoms with Gasteiger partial charge in [0.05, 0.1) is 42.6 Å². The van der Waals surface area contributed by atoms with Crippen molar-refractivity contribution in [3.8, 4) is 0 Å². The highest BCUT2D eigenvalue weighted by molar-refractivity contribution is 5.66. The third kappa shape index (κ3) is 7.02. The fraction of sp³-hybridized carbons (Fsp3) is 0.517. The van der Waals surface area contributed by atoms with Gasteiger partial charge >= 0.3 is 18.5 Å². The quantitative estimate of drug-likeness (QED) is 0.215. The molecule has 3 aromatic rings. The Morgan fingerprint density at radius 1 is 0.977 bits per heavy atom. The van der Waals surface area contributed by atoms with E-state index in [9.17, 15) is 31.1 Å². The molecule has 2 aromatic carbocycles. The van der Waals surface area contributed by atoms with E-state index in [1.165, 1.54) is 12.1 Å². The SMILES string of the molecule is CC(C)OC(=O)ON1CCCC(N(Cc2cc(C(F)(F)F)cc(C(F)(F)F)c2)c2nnn(C)n2)c2cc3c(cc21)CCCC3. The molecule has 1 aliphatic carbocycles. The number of fused-ring (bicyclic) bond motifs is 2. The van der Waals surface area contributed by atoms with Gasteiger partial charge in [0.2, 0.25) is 0 Å². The lowest BCUT2D eigenvalue weighted by molar-refractivity contribution is -0.143. The second kappa shape index (κ2) is 12.2. The lowest BCUT2D eigenvalue weighted by Gasteiger charge is -2.33. The zero-order valence-corrected chi connectivity index (χ0v) is 24.4. The summed E-state index contributed by atoms with van der Waals surface area (Å²) in [6, 6.07) is 4.84. The van der Waals surface area contributed by atoms with Gasteiger partial charge in [-0.15, -0.1) is 5.10 Å². The monoisotopic (exact) mass is 626 g/mol. The molecule has 2 heterocycles. The number of rotatable bonds is 6. The number of aryl methyl sites for hydroxylation is 3. The van der Waals surface area contributed by atoms with Gasteiger partial charge < -0.3 is 14.5 Å². The molecule has 44 heavy (non-hydrogen) atoms. The molecule has 0 saturated heterocycles. The molecule has 9 nitrogen and oxygen atoms in total. The molecule has 238 valence electrons. The number of nitrogens with zero attached hydrogens (tertiary/aromatic N) is 6. The summed E-state index contributed by atoms with van der Waals surface area (Å²) in [7, 11) is 1.51. The summed E-state index contributed by atoms with van der Waals surface area (Å²) >= 11 is 0. The lowest BCUT2D eigenvalue weighted by atomic mass is 9.87. The first-order valence-electron chi connectivity index (χ1n) is 14.3. The Balaban J connectivity index is 1.62. The summed E-state index contributed by atoms with van der Waals surface area (Å²) in [5, 5.41) is 13.7. The average Bonchev–Trinajstić information content (AvgIpc) is 3.30. The van der Waals surface area contributed by atoms with Crippen LogP contribution in [0.5, 0.6) is 0 Å². The molecular formula is C29H32F6N6O3. The number of aromatic nitrogens is 4. The van der Waals surface area contributed by atoms with Crippen molar-refractivity contribution < 1.29 is 40.7 Å². The van der Waals surface area contributed by atoms with Gasteiger partial charge in [-0.2, -0.15) is 31.1 Å². The van der Waals surface area contributed by atoms with E-state index >= 15 is 0 Å². The van der Waals surface area contributed by atoms with Crippen LogP contribution in [0.3, 0.4) is 0 Å². The summed E-state index contributed by atoms with van der Waals surface area (Å²) in [6.45, 7) is 3.27. The number of benzene rings is 2. The van der Waals surface area contributed by atoms with Crippen molar-refractivity contribution in [3.05, 3.63) is 63.7 Å². The fourth-order valence-corrected chi connectivity index (χ4v) is 5.72. The van der Waals surface area contributed by atoms with Crippen molar-refractivity contribution in [1.29, 1.82) is 0 Å². The molecule has 1 aromatic heterocycles. The molecule has 0 N–H and O–H groups in total. The van der Waals surface area contributed by atoms with Gasteiger partial charge in [0.1, 0.15) is 0 Å². The van der Waals surface area contributed by atoms with Gasteiger partial charge in [0.25, 0.3) is 5.95 Å². The first kappa shape index (κ1) is 31.4. The van der Waals surface area contributed by atoms with Crippen molar-refractivity contribution in [1.82, 2.24) is 20.2 Å². The Morgan fingerprint density at radius 3 is 2.18 bits per heavy atom. The maximum Gasteiger partial charge on any atom is 0.533 e. The largest absolute Gasteiger partial charge is 0.533 e. The van der Waals surface area contributed by atoms with Crippen LogP contribution in [-0.4, -0.2) is 39.0 Å². The molecule has 0 spiro atoms. The van der Waals surface area contributed by atoms with E-state index in [1.807, 2.05) is 12.1 Å². The molecular weight excluding hydrogens is 594 g/mol. The van der Waals surface area contributed by atoms with Crippen LogP contribution in [-0.2, 0) is 48.4 Å². The Kier molecular flexibility index (Phi) is 8.67. The number of anilines is 2. The highest BCUT2D eigenvalue weighted by atomic mass is 19.4. The van der Waals surface area contributed by atoms with Crippen LogP contribution in [0.1, 0.15) is 79.0 Å². The molecule has 15 heteroatoms. The number of ether oxygens (including phenoxy) is 1. The lowest BCUT2D eigenvalue weighted by Crippen LogP contribution is -2.31. The Hall–Kier alpha value is -4.04. The van der Waals surface area contributed by atoms with Crippen molar-refractivity contribution in [2.45, 2.75) is 83.4 Å². The number of tetrazole rings is 1. The Morgan fingerprint density at radius 2 is 1.61 bits per heavy atom. The number of alkyl halides is 6.